The fraction of sp³-hybridized carbons (Fsp3) is 0.500. The molecule has 0 saturated carbocycles. The standard InChI is InChI=1S/C28H40N2O3/c1-20(26(32)29-28(5,6)7)30(19-22-10-9-11-24(18-22)33-8)25(31)17-14-21-12-15-23(16-13-21)27(2,3)4/h9-13,15-16,18,20H,14,17,19H2,1-8H3,(H,29,32). The van der Waals surface area contributed by atoms with Gasteiger partial charge in [-0.05, 0) is 68.4 Å². The van der Waals surface area contributed by atoms with E-state index in [0.717, 1.165) is 16.9 Å². The molecule has 0 radical (unpaired) electrons. The predicted octanol–water partition coefficient (Wildman–Crippen LogP) is 5.26. The highest BCUT2D eigenvalue weighted by atomic mass is 16.5. The van der Waals surface area contributed by atoms with Crippen molar-refractivity contribution >= 4 is 11.8 Å². The van der Waals surface area contributed by atoms with Crippen molar-refractivity contribution in [2.24, 2.45) is 0 Å². The molecule has 1 atom stereocenters. The third-order valence-corrected chi connectivity index (χ3v) is 5.60. The van der Waals surface area contributed by atoms with Crippen molar-refractivity contribution in [1.29, 1.82) is 0 Å². The lowest BCUT2D eigenvalue weighted by atomic mass is 9.86. The van der Waals surface area contributed by atoms with Crippen molar-refractivity contribution < 1.29 is 14.3 Å². The molecule has 2 amide bonds. The third kappa shape index (κ3) is 8.23. The quantitative estimate of drug-likeness (QED) is 0.595. The van der Waals surface area contributed by atoms with Gasteiger partial charge in [-0.1, -0.05) is 57.2 Å². The van der Waals surface area contributed by atoms with Gasteiger partial charge in [0.15, 0.2) is 0 Å². The number of nitrogens with one attached hydrogen (secondary N) is 1. The summed E-state index contributed by atoms with van der Waals surface area (Å²) in [4.78, 5) is 27.9. The van der Waals surface area contributed by atoms with E-state index in [4.69, 9.17) is 4.74 Å². The smallest absolute Gasteiger partial charge is 0.242 e. The fourth-order valence-corrected chi connectivity index (χ4v) is 3.59. The molecule has 0 fully saturated rings. The Hall–Kier alpha value is -2.82. The van der Waals surface area contributed by atoms with Crippen LogP contribution in [0.3, 0.4) is 0 Å². The van der Waals surface area contributed by atoms with E-state index in [1.54, 1.807) is 18.9 Å². The van der Waals surface area contributed by atoms with Gasteiger partial charge in [0.25, 0.3) is 0 Å². The molecular formula is C28H40N2O3. The Morgan fingerprint density at radius 1 is 0.970 bits per heavy atom. The van der Waals surface area contributed by atoms with E-state index >= 15 is 0 Å². The molecule has 0 bridgehead atoms. The molecule has 2 aromatic rings. The topological polar surface area (TPSA) is 58.6 Å². The highest BCUT2D eigenvalue weighted by molar-refractivity contribution is 5.87. The Balaban J connectivity index is 2.18. The summed E-state index contributed by atoms with van der Waals surface area (Å²) in [6, 6.07) is 15.5. The summed E-state index contributed by atoms with van der Waals surface area (Å²) in [5.41, 5.74) is 3.03. The first-order chi connectivity index (χ1) is 15.3. The fourth-order valence-electron chi connectivity index (χ4n) is 3.59. The van der Waals surface area contributed by atoms with Crippen molar-refractivity contribution in [1.82, 2.24) is 10.2 Å². The van der Waals surface area contributed by atoms with Crippen molar-refractivity contribution in [3.8, 4) is 5.75 Å². The molecule has 0 saturated heterocycles. The molecule has 0 aliphatic heterocycles. The van der Waals surface area contributed by atoms with Gasteiger partial charge in [0.05, 0.1) is 7.11 Å². The molecule has 2 rings (SSSR count). The Labute approximate surface area is 199 Å². The average molecular weight is 453 g/mol. The lowest BCUT2D eigenvalue weighted by Crippen LogP contribution is -2.52. The van der Waals surface area contributed by atoms with Crippen LogP contribution in [0, 0.1) is 0 Å². The lowest BCUT2D eigenvalue weighted by Gasteiger charge is -2.31. The van der Waals surface area contributed by atoms with Crippen LogP contribution in [0.5, 0.6) is 5.75 Å². The first-order valence-corrected chi connectivity index (χ1v) is 11.6. The summed E-state index contributed by atoms with van der Waals surface area (Å²) in [6.45, 7) is 14.5. The van der Waals surface area contributed by atoms with E-state index in [9.17, 15) is 9.59 Å². The molecule has 1 N–H and O–H groups in total. The Morgan fingerprint density at radius 2 is 1.61 bits per heavy atom. The van der Waals surface area contributed by atoms with Crippen molar-refractivity contribution in [3.63, 3.8) is 0 Å². The number of carbonyl (C=O) groups is 2. The van der Waals surface area contributed by atoms with Crippen LogP contribution < -0.4 is 10.1 Å². The normalized spacial score (nSPS) is 12.7. The van der Waals surface area contributed by atoms with Crippen LogP contribution in [-0.4, -0.2) is 35.4 Å². The molecule has 2 aromatic carbocycles. The van der Waals surface area contributed by atoms with Crippen molar-refractivity contribution in [2.75, 3.05) is 7.11 Å². The van der Waals surface area contributed by atoms with E-state index in [1.165, 1.54) is 5.56 Å². The maximum absolute atomic E-state index is 13.3. The number of carbonyl (C=O) groups excluding carboxylic acids is 2. The molecule has 0 aromatic heterocycles. The second-order valence-electron chi connectivity index (χ2n) is 10.7. The van der Waals surface area contributed by atoms with E-state index < -0.39 is 6.04 Å². The minimum absolute atomic E-state index is 0.0470. The first kappa shape index (κ1) is 26.4. The maximum Gasteiger partial charge on any atom is 0.242 e. The van der Waals surface area contributed by atoms with Crippen molar-refractivity contribution in [2.45, 2.75) is 84.8 Å². The third-order valence-electron chi connectivity index (χ3n) is 5.60. The molecule has 180 valence electrons. The first-order valence-electron chi connectivity index (χ1n) is 11.6. The van der Waals surface area contributed by atoms with Crippen molar-refractivity contribution in [3.05, 3.63) is 65.2 Å². The van der Waals surface area contributed by atoms with Crippen LogP contribution in [0.2, 0.25) is 0 Å². The Bertz CT molecular complexity index is 937. The van der Waals surface area contributed by atoms with E-state index in [-0.39, 0.29) is 22.8 Å². The monoisotopic (exact) mass is 452 g/mol. The average Bonchev–Trinajstić information content (AvgIpc) is 2.74. The number of hydrogen-bond acceptors (Lipinski definition) is 3. The van der Waals surface area contributed by atoms with Gasteiger partial charge in [-0.25, -0.2) is 0 Å². The molecule has 0 spiro atoms. The van der Waals surface area contributed by atoms with Gasteiger partial charge in [-0.15, -0.1) is 0 Å². The summed E-state index contributed by atoms with van der Waals surface area (Å²) in [7, 11) is 1.62. The summed E-state index contributed by atoms with van der Waals surface area (Å²) in [5, 5.41) is 3.00. The van der Waals surface area contributed by atoms with Crippen LogP contribution in [0.15, 0.2) is 48.5 Å². The van der Waals surface area contributed by atoms with Crippen LogP contribution in [-0.2, 0) is 28.0 Å². The van der Waals surface area contributed by atoms with Gasteiger partial charge < -0.3 is 15.0 Å². The summed E-state index contributed by atoms with van der Waals surface area (Å²) in [6.07, 6.45) is 0.970. The predicted molar refractivity (Wildman–Crippen MR) is 134 cm³/mol. The summed E-state index contributed by atoms with van der Waals surface area (Å²) < 4.78 is 5.33. The van der Waals surface area contributed by atoms with Gasteiger partial charge in [0.2, 0.25) is 11.8 Å². The number of amides is 2. The van der Waals surface area contributed by atoms with Gasteiger partial charge >= 0.3 is 0 Å². The molecule has 0 aliphatic rings. The number of hydrogen-bond donors (Lipinski definition) is 1. The lowest BCUT2D eigenvalue weighted by molar-refractivity contribution is -0.141. The van der Waals surface area contributed by atoms with Gasteiger partial charge in [-0.3, -0.25) is 9.59 Å². The molecule has 0 aliphatic carbocycles. The number of benzene rings is 2. The van der Waals surface area contributed by atoms with Gasteiger partial charge in [0.1, 0.15) is 11.8 Å². The Kier molecular flexibility index (Phi) is 8.70. The minimum atomic E-state index is -0.591. The molecule has 1 unspecified atom stereocenters. The van der Waals surface area contributed by atoms with Crippen LogP contribution in [0.25, 0.3) is 0 Å². The number of nitrogens with zero attached hydrogens (tertiary/aromatic N) is 1. The number of methoxy groups -OCH3 is 1. The number of rotatable bonds is 8. The molecule has 0 heterocycles. The van der Waals surface area contributed by atoms with E-state index in [1.807, 2.05) is 45.0 Å². The highest BCUT2D eigenvalue weighted by Gasteiger charge is 2.28. The summed E-state index contributed by atoms with van der Waals surface area (Å²) in [5.74, 6) is 0.521. The Morgan fingerprint density at radius 3 is 2.15 bits per heavy atom. The zero-order valence-corrected chi connectivity index (χ0v) is 21.5. The van der Waals surface area contributed by atoms with Crippen LogP contribution >= 0.6 is 0 Å². The molecular weight excluding hydrogens is 412 g/mol. The highest BCUT2D eigenvalue weighted by Crippen LogP contribution is 2.23. The second-order valence-corrected chi connectivity index (χ2v) is 10.7. The van der Waals surface area contributed by atoms with Crippen LogP contribution in [0.1, 0.15) is 71.6 Å². The number of aryl methyl sites for hydroxylation is 1. The second kappa shape index (κ2) is 10.9. The maximum atomic E-state index is 13.3. The molecule has 33 heavy (non-hydrogen) atoms. The zero-order chi connectivity index (χ0) is 24.8. The zero-order valence-electron chi connectivity index (χ0n) is 21.5. The van der Waals surface area contributed by atoms with E-state index in [2.05, 4.69) is 50.4 Å². The van der Waals surface area contributed by atoms with Gasteiger partial charge in [0, 0.05) is 18.5 Å². The minimum Gasteiger partial charge on any atom is -0.497 e. The summed E-state index contributed by atoms with van der Waals surface area (Å²) >= 11 is 0. The largest absolute Gasteiger partial charge is 0.497 e. The molecule has 5 heteroatoms. The number of ether oxygens (including phenoxy) is 1. The molecule has 5 nitrogen and oxygen atoms in total. The van der Waals surface area contributed by atoms with Crippen LogP contribution in [0.4, 0.5) is 0 Å². The van der Waals surface area contributed by atoms with Gasteiger partial charge in [-0.2, -0.15) is 0 Å². The SMILES string of the molecule is COc1cccc(CN(C(=O)CCc2ccc(C(C)(C)C)cc2)C(C)C(=O)NC(C)(C)C)c1. The van der Waals surface area contributed by atoms with E-state index in [0.29, 0.717) is 19.4 Å².